The molecule has 9 heteroatoms. The number of aromatic nitrogens is 1. The van der Waals surface area contributed by atoms with E-state index < -0.39 is 10.2 Å². The molecule has 0 atom stereocenters. The van der Waals surface area contributed by atoms with Gasteiger partial charge in [-0.25, -0.2) is 4.98 Å². The predicted molar refractivity (Wildman–Crippen MR) is 94.7 cm³/mol. The fourth-order valence-electron chi connectivity index (χ4n) is 3.05. The highest BCUT2D eigenvalue weighted by molar-refractivity contribution is 7.86. The SMILES string of the molecule is O=S(=O)(N1CCOCC1)N1CCN(c2nc3ccccc3s2)CC1. The lowest BCUT2D eigenvalue weighted by Gasteiger charge is -2.37. The van der Waals surface area contributed by atoms with Gasteiger partial charge in [0.05, 0.1) is 23.4 Å². The summed E-state index contributed by atoms with van der Waals surface area (Å²) in [6.45, 7) is 4.18. The Kier molecular flexibility index (Phi) is 4.44. The number of thiazole rings is 1. The number of fused-ring (bicyclic) bond motifs is 1. The number of anilines is 1. The summed E-state index contributed by atoms with van der Waals surface area (Å²) in [6.07, 6.45) is 0. The average Bonchev–Trinajstić information content (AvgIpc) is 3.07. The monoisotopic (exact) mass is 368 g/mol. The van der Waals surface area contributed by atoms with Crippen molar-refractivity contribution < 1.29 is 13.2 Å². The third kappa shape index (κ3) is 3.02. The molecular weight excluding hydrogens is 348 g/mol. The standard InChI is InChI=1S/C15H20N4O3S2/c20-24(21,19-9-11-22-12-10-19)18-7-5-17(6-8-18)15-16-13-3-1-2-4-14(13)23-15/h1-4H,5-12H2. The third-order valence-electron chi connectivity index (χ3n) is 4.41. The summed E-state index contributed by atoms with van der Waals surface area (Å²) in [4.78, 5) is 6.84. The van der Waals surface area contributed by atoms with Crippen molar-refractivity contribution in [2.45, 2.75) is 0 Å². The van der Waals surface area contributed by atoms with Crippen LogP contribution in [0.25, 0.3) is 10.2 Å². The zero-order valence-electron chi connectivity index (χ0n) is 13.3. The zero-order valence-corrected chi connectivity index (χ0v) is 14.9. The Morgan fingerprint density at radius 2 is 1.62 bits per heavy atom. The van der Waals surface area contributed by atoms with Crippen molar-refractivity contribution in [2.24, 2.45) is 0 Å². The van der Waals surface area contributed by atoms with E-state index in [1.165, 1.54) is 4.31 Å². The van der Waals surface area contributed by atoms with Crippen molar-refractivity contribution in [3.63, 3.8) is 0 Å². The van der Waals surface area contributed by atoms with E-state index in [4.69, 9.17) is 4.74 Å². The molecule has 2 aromatic rings. The molecule has 24 heavy (non-hydrogen) atoms. The van der Waals surface area contributed by atoms with E-state index in [-0.39, 0.29) is 0 Å². The second-order valence-corrected chi connectivity index (χ2v) is 8.81. The van der Waals surface area contributed by atoms with Crippen LogP contribution in [-0.4, -0.2) is 74.5 Å². The van der Waals surface area contributed by atoms with Gasteiger partial charge >= 0.3 is 0 Å². The maximum absolute atomic E-state index is 12.7. The maximum Gasteiger partial charge on any atom is 0.282 e. The molecule has 0 N–H and O–H groups in total. The van der Waals surface area contributed by atoms with E-state index in [1.807, 2.05) is 18.2 Å². The van der Waals surface area contributed by atoms with E-state index in [1.54, 1.807) is 15.6 Å². The normalized spacial score (nSPS) is 21.4. The number of hydrogen-bond acceptors (Lipinski definition) is 6. The fraction of sp³-hybridized carbons (Fsp3) is 0.533. The number of benzene rings is 1. The Morgan fingerprint density at radius 3 is 2.33 bits per heavy atom. The van der Waals surface area contributed by atoms with Gasteiger partial charge in [0.15, 0.2) is 5.13 Å². The second-order valence-electron chi connectivity index (χ2n) is 5.87. The molecule has 1 aromatic carbocycles. The zero-order chi connectivity index (χ0) is 16.6. The van der Waals surface area contributed by atoms with E-state index in [2.05, 4.69) is 16.0 Å². The summed E-state index contributed by atoms with van der Waals surface area (Å²) >= 11 is 1.66. The molecule has 130 valence electrons. The molecule has 0 aliphatic carbocycles. The van der Waals surface area contributed by atoms with Crippen molar-refractivity contribution in [1.82, 2.24) is 13.6 Å². The van der Waals surface area contributed by atoms with Crippen LogP contribution in [0.1, 0.15) is 0 Å². The van der Waals surface area contributed by atoms with E-state index in [0.717, 1.165) is 15.3 Å². The smallest absolute Gasteiger partial charge is 0.282 e. The minimum absolute atomic E-state index is 0.445. The van der Waals surface area contributed by atoms with Crippen LogP contribution in [0, 0.1) is 0 Å². The van der Waals surface area contributed by atoms with Crippen molar-refractivity contribution in [3.05, 3.63) is 24.3 Å². The number of ether oxygens (including phenoxy) is 1. The van der Waals surface area contributed by atoms with Gasteiger partial charge < -0.3 is 9.64 Å². The summed E-state index contributed by atoms with van der Waals surface area (Å²) in [6, 6.07) is 8.07. The Balaban J connectivity index is 1.44. The molecule has 3 heterocycles. The van der Waals surface area contributed by atoms with Crippen LogP contribution in [0.5, 0.6) is 0 Å². The van der Waals surface area contributed by atoms with Gasteiger partial charge in [0.25, 0.3) is 10.2 Å². The summed E-state index contributed by atoms with van der Waals surface area (Å²) < 4.78 is 34.9. The predicted octanol–water partition coefficient (Wildman–Crippen LogP) is 0.995. The Bertz CT molecular complexity index is 776. The first-order chi connectivity index (χ1) is 11.6. The van der Waals surface area contributed by atoms with E-state index in [9.17, 15) is 8.42 Å². The average molecular weight is 368 g/mol. The number of piperazine rings is 1. The van der Waals surface area contributed by atoms with Gasteiger partial charge in [0, 0.05) is 39.3 Å². The molecule has 4 rings (SSSR count). The highest BCUT2D eigenvalue weighted by atomic mass is 32.2. The van der Waals surface area contributed by atoms with Gasteiger partial charge in [-0.3, -0.25) is 0 Å². The molecular formula is C15H20N4O3S2. The molecule has 2 saturated heterocycles. The summed E-state index contributed by atoms with van der Waals surface area (Å²) in [7, 11) is -3.37. The molecule has 2 aliphatic heterocycles. The van der Waals surface area contributed by atoms with Crippen molar-refractivity contribution in [1.29, 1.82) is 0 Å². The molecule has 7 nitrogen and oxygen atoms in total. The van der Waals surface area contributed by atoms with Gasteiger partial charge in [-0.2, -0.15) is 17.0 Å². The number of morpholine rings is 1. The first kappa shape index (κ1) is 16.2. The van der Waals surface area contributed by atoms with Crippen LogP contribution in [-0.2, 0) is 14.9 Å². The first-order valence-corrected chi connectivity index (χ1v) is 10.3. The molecule has 2 fully saturated rings. The van der Waals surface area contributed by atoms with Crippen molar-refractivity contribution in [3.8, 4) is 0 Å². The van der Waals surface area contributed by atoms with Gasteiger partial charge in [0.1, 0.15) is 0 Å². The number of nitrogens with zero attached hydrogens (tertiary/aromatic N) is 4. The van der Waals surface area contributed by atoms with Crippen LogP contribution in [0.3, 0.4) is 0 Å². The van der Waals surface area contributed by atoms with Gasteiger partial charge in [-0.05, 0) is 12.1 Å². The molecule has 0 bridgehead atoms. The highest BCUT2D eigenvalue weighted by Crippen LogP contribution is 2.29. The van der Waals surface area contributed by atoms with E-state index >= 15 is 0 Å². The summed E-state index contributed by atoms with van der Waals surface area (Å²) in [5, 5.41) is 0.972. The molecule has 0 unspecified atom stereocenters. The topological polar surface area (TPSA) is 66.0 Å². The van der Waals surface area contributed by atoms with Crippen molar-refractivity contribution in [2.75, 3.05) is 57.4 Å². The van der Waals surface area contributed by atoms with Crippen molar-refractivity contribution >= 4 is 36.9 Å². The van der Waals surface area contributed by atoms with Gasteiger partial charge in [-0.1, -0.05) is 23.5 Å². The highest BCUT2D eigenvalue weighted by Gasteiger charge is 2.33. The second kappa shape index (κ2) is 6.57. The van der Waals surface area contributed by atoms with E-state index in [0.29, 0.717) is 52.5 Å². The minimum atomic E-state index is -3.37. The molecule has 0 saturated carbocycles. The van der Waals surface area contributed by atoms with Gasteiger partial charge in [0.2, 0.25) is 0 Å². The minimum Gasteiger partial charge on any atom is -0.379 e. The number of rotatable bonds is 3. The Morgan fingerprint density at radius 1 is 0.958 bits per heavy atom. The largest absolute Gasteiger partial charge is 0.379 e. The lowest BCUT2D eigenvalue weighted by atomic mass is 10.3. The van der Waals surface area contributed by atoms with Gasteiger partial charge in [-0.15, -0.1) is 0 Å². The lowest BCUT2D eigenvalue weighted by Crippen LogP contribution is -2.55. The maximum atomic E-state index is 12.7. The summed E-state index contributed by atoms with van der Waals surface area (Å²) in [5.74, 6) is 0. The van der Waals surface area contributed by atoms with Crippen LogP contribution >= 0.6 is 11.3 Å². The molecule has 2 aliphatic rings. The molecule has 1 aromatic heterocycles. The molecule has 0 amide bonds. The fourth-order valence-corrected chi connectivity index (χ4v) is 5.63. The lowest BCUT2D eigenvalue weighted by molar-refractivity contribution is 0.0700. The van der Waals surface area contributed by atoms with Crippen LogP contribution in [0.15, 0.2) is 24.3 Å². The Labute approximate surface area is 145 Å². The van der Waals surface area contributed by atoms with Crippen LogP contribution in [0.2, 0.25) is 0 Å². The number of para-hydroxylation sites is 1. The van der Waals surface area contributed by atoms with Crippen LogP contribution < -0.4 is 4.90 Å². The first-order valence-electron chi connectivity index (χ1n) is 8.08. The number of hydrogen-bond donors (Lipinski definition) is 0. The molecule has 0 spiro atoms. The molecule has 0 radical (unpaired) electrons. The quantitative estimate of drug-likeness (QED) is 0.809. The van der Waals surface area contributed by atoms with Crippen LogP contribution in [0.4, 0.5) is 5.13 Å². The third-order valence-corrected chi connectivity index (χ3v) is 7.55. The summed E-state index contributed by atoms with van der Waals surface area (Å²) in [5.41, 5.74) is 1.00. The Hall–Kier alpha value is -1.26.